The lowest BCUT2D eigenvalue weighted by atomic mass is 10.3. The molecule has 0 saturated heterocycles. The standard InChI is InChI=1S/C12H16N2O3S/c1-18-12(10-14(15)16)13-8-5-9-17-11-6-3-2-4-7-11/h2-4,6-7,10,13H,5,8-9H2,1H3/b12-10-. The zero-order valence-corrected chi connectivity index (χ0v) is 11.0. The van der Waals surface area contributed by atoms with Gasteiger partial charge in [-0.3, -0.25) is 10.1 Å². The van der Waals surface area contributed by atoms with Crippen LogP contribution in [0, 0.1) is 10.1 Å². The second-order valence-electron chi connectivity index (χ2n) is 3.42. The molecule has 0 saturated carbocycles. The Morgan fingerprint density at radius 3 is 2.83 bits per heavy atom. The van der Waals surface area contributed by atoms with E-state index in [0.29, 0.717) is 18.2 Å². The Morgan fingerprint density at radius 1 is 1.50 bits per heavy atom. The minimum Gasteiger partial charge on any atom is -0.494 e. The molecule has 0 unspecified atom stereocenters. The summed E-state index contributed by atoms with van der Waals surface area (Å²) in [5.74, 6) is 0.837. The van der Waals surface area contributed by atoms with E-state index in [1.54, 1.807) is 6.26 Å². The van der Waals surface area contributed by atoms with Gasteiger partial charge in [0.1, 0.15) is 10.8 Å². The summed E-state index contributed by atoms with van der Waals surface area (Å²) in [6.45, 7) is 1.23. The van der Waals surface area contributed by atoms with Crippen LogP contribution in [0.2, 0.25) is 0 Å². The average Bonchev–Trinajstić information content (AvgIpc) is 2.37. The molecule has 0 amide bonds. The zero-order valence-electron chi connectivity index (χ0n) is 10.2. The maximum Gasteiger partial charge on any atom is 0.263 e. The average molecular weight is 268 g/mol. The normalized spacial score (nSPS) is 11.1. The number of nitrogens with zero attached hydrogens (tertiary/aromatic N) is 1. The molecule has 0 atom stereocenters. The molecule has 1 aromatic carbocycles. The Bertz CT molecular complexity index is 396. The highest BCUT2D eigenvalue weighted by atomic mass is 32.2. The molecule has 0 fully saturated rings. The summed E-state index contributed by atoms with van der Waals surface area (Å²) in [5, 5.41) is 13.8. The lowest BCUT2D eigenvalue weighted by molar-refractivity contribution is -0.403. The lowest BCUT2D eigenvalue weighted by Crippen LogP contribution is -2.16. The Morgan fingerprint density at radius 2 is 2.22 bits per heavy atom. The molecule has 1 aromatic rings. The van der Waals surface area contributed by atoms with Crippen LogP contribution < -0.4 is 10.1 Å². The van der Waals surface area contributed by atoms with Crippen LogP contribution in [-0.2, 0) is 0 Å². The summed E-state index contributed by atoms with van der Waals surface area (Å²) in [6.07, 6.45) is 3.55. The third-order valence-electron chi connectivity index (χ3n) is 2.07. The van der Waals surface area contributed by atoms with E-state index >= 15 is 0 Å². The summed E-state index contributed by atoms with van der Waals surface area (Å²) < 4.78 is 5.50. The van der Waals surface area contributed by atoms with Crippen molar-refractivity contribution >= 4 is 11.8 Å². The molecule has 1 rings (SSSR count). The highest BCUT2D eigenvalue weighted by Crippen LogP contribution is 2.09. The molecule has 18 heavy (non-hydrogen) atoms. The predicted molar refractivity (Wildman–Crippen MR) is 73.1 cm³/mol. The topological polar surface area (TPSA) is 64.4 Å². The molecule has 0 aliphatic heterocycles. The Labute approximate surface area is 110 Å². The van der Waals surface area contributed by atoms with Gasteiger partial charge in [-0.25, -0.2) is 0 Å². The van der Waals surface area contributed by atoms with Crippen molar-refractivity contribution < 1.29 is 9.66 Å². The van der Waals surface area contributed by atoms with E-state index in [0.717, 1.165) is 18.4 Å². The van der Waals surface area contributed by atoms with Crippen molar-refractivity contribution in [1.82, 2.24) is 5.32 Å². The summed E-state index contributed by atoms with van der Waals surface area (Å²) >= 11 is 1.32. The van der Waals surface area contributed by atoms with E-state index < -0.39 is 4.92 Å². The molecule has 0 aromatic heterocycles. The van der Waals surface area contributed by atoms with Crippen LogP contribution in [0.15, 0.2) is 41.6 Å². The fraction of sp³-hybridized carbons (Fsp3) is 0.333. The number of thioether (sulfide) groups is 1. The fourth-order valence-corrected chi connectivity index (χ4v) is 1.69. The van der Waals surface area contributed by atoms with E-state index in [-0.39, 0.29) is 0 Å². The van der Waals surface area contributed by atoms with Crippen molar-refractivity contribution in [3.63, 3.8) is 0 Å². The van der Waals surface area contributed by atoms with Crippen LogP contribution in [0.1, 0.15) is 6.42 Å². The number of nitro groups is 1. The van der Waals surface area contributed by atoms with Crippen LogP contribution in [0.25, 0.3) is 0 Å². The van der Waals surface area contributed by atoms with Crippen molar-refractivity contribution in [1.29, 1.82) is 0 Å². The number of nitrogens with one attached hydrogen (secondary N) is 1. The molecule has 98 valence electrons. The van der Waals surface area contributed by atoms with Gasteiger partial charge in [0.15, 0.2) is 0 Å². The summed E-state index contributed by atoms with van der Waals surface area (Å²) in [6, 6.07) is 9.56. The van der Waals surface area contributed by atoms with Crippen LogP contribution >= 0.6 is 11.8 Å². The molecular formula is C12H16N2O3S. The van der Waals surface area contributed by atoms with Crippen molar-refractivity contribution in [3.05, 3.63) is 51.7 Å². The quantitative estimate of drug-likeness (QED) is 0.446. The lowest BCUT2D eigenvalue weighted by Gasteiger charge is -2.07. The van der Waals surface area contributed by atoms with Gasteiger partial charge < -0.3 is 10.1 Å². The molecule has 1 N–H and O–H groups in total. The Balaban J connectivity index is 2.17. The largest absolute Gasteiger partial charge is 0.494 e. The smallest absolute Gasteiger partial charge is 0.263 e. The molecule has 0 bridgehead atoms. The van der Waals surface area contributed by atoms with Gasteiger partial charge in [-0.1, -0.05) is 18.2 Å². The van der Waals surface area contributed by atoms with Crippen LogP contribution in [0.5, 0.6) is 5.75 Å². The van der Waals surface area contributed by atoms with Gasteiger partial charge in [-0.2, -0.15) is 0 Å². The van der Waals surface area contributed by atoms with Gasteiger partial charge in [0.2, 0.25) is 0 Å². The van der Waals surface area contributed by atoms with E-state index in [9.17, 15) is 10.1 Å². The zero-order chi connectivity index (χ0) is 13.2. The molecule has 6 heteroatoms. The summed E-state index contributed by atoms with van der Waals surface area (Å²) in [7, 11) is 0. The highest BCUT2D eigenvalue weighted by Gasteiger charge is 2.00. The maximum absolute atomic E-state index is 10.3. The molecule has 0 radical (unpaired) electrons. The summed E-state index contributed by atoms with van der Waals surface area (Å²) in [5.41, 5.74) is 0. The monoisotopic (exact) mass is 268 g/mol. The Kier molecular flexibility index (Phi) is 6.71. The Hall–Kier alpha value is -1.69. The van der Waals surface area contributed by atoms with Crippen molar-refractivity contribution in [2.45, 2.75) is 6.42 Å². The molecule has 0 heterocycles. The van der Waals surface area contributed by atoms with Gasteiger partial charge in [0, 0.05) is 6.54 Å². The van der Waals surface area contributed by atoms with E-state index in [2.05, 4.69) is 5.32 Å². The van der Waals surface area contributed by atoms with Gasteiger partial charge in [-0.15, -0.1) is 11.8 Å². The first-order valence-corrected chi connectivity index (χ1v) is 6.76. The molecule has 0 aliphatic rings. The maximum atomic E-state index is 10.3. The molecular weight excluding hydrogens is 252 g/mol. The number of hydrogen-bond acceptors (Lipinski definition) is 5. The number of benzene rings is 1. The SMILES string of the molecule is CS/C(=C\[N+](=O)[O-])NCCCOc1ccccc1. The number of hydrogen-bond donors (Lipinski definition) is 1. The van der Waals surface area contributed by atoms with E-state index in [4.69, 9.17) is 4.74 Å². The van der Waals surface area contributed by atoms with Gasteiger partial charge in [0.25, 0.3) is 6.20 Å². The van der Waals surface area contributed by atoms with E-state index in [1.807, 2.05) is 30.3 Å². The third-order valence-corrected chi connectivity index (χ3v) is 2.76. The summed E-state index contributed by atoms with van der Waals surface area (Å²) in [4.78, 5) is 9.83. The van der Waals surface area contributed by atoms with E-state index in [1.165, 1.54) is 11.8 Å². The van der Waals surface area contributed by atoms with Crippen molar-refractivity contribution in [2.24, 2.45) is 0 Å². The third kappa shape index (κ3) is 6.15. The molecule has 0 spiro atoms. The molecule has 5 nitrogen and oxygen atoms in total. The fourth-order valence-electron chi connectivity index (χ4n) is 1.26. The van der Waals surface area contributed by atoms with Crippen molar-refractivity contribution in [2.75, 3.05) is 19.4 Å². The number of ether oxygens (including phenoxy) is 1. The van der Waals surface area contributed by atoms with Gasteiger partial charge >= 0.3 is 0 Å². The molecule has 0 aliphatic carbocycles. The predicted octanol–water partition coefficient (Wildman–Crippen LogP) is 2.48. The minimum absolute atomic E-state index is 0.459. The second kappa shape index (κ2) is 8.41. The first-order valence-electron chi connectivity index (χ1n) is 5.53. The van der Waals surface area contributed by atoms with Crippen molar-refractivity contribution in [3.8, 4) is 5.75 Å². The van der Waals surface area contributed by atoms with Gasteiger partial charge in [-0.05, 0) is 24.8 Å². The second-order valence-corrected chi connectivity index (χ2v) is 4.27. The van der Waals surface area contributed by atoms with Gasteiger partial charge in [0.05, 0.1) is 11.5 Å². The van der Waals surface area contributed by atoms with Crippen LogP contribution in [-0.4, -0.2) is 24.3 Å². The minimum atomic E-state index is -0.459. The number of para-hydroxylation sites is 1. The first-order chi connectivity index (χ1) is 8.72. The highest BCUT2D eigenvalue weighted by molar-refractivity contribution is 8.02. The van der Waals surface area contributed by atoms with Crippen LogP contribution in [0.4, 0.5) is 0 Å². The number of rotatable bonds is 8. The van der Waals surface area contributed by atoms with Crippen LogP contribution in [0.3, 0.4) is 0 Å². The first kappa shape index (κ1) is 14.4.